The topological polar surface area (TPSA) is 57.2 Å². The number of ether oxygens (including phenoxy) is 4. The van der Waals surface area contributed by atoms with Crippen molar-refractivity contribution in [3.63, 3.8) is 0 Å². The molecule has 174 valence electrons. The third kappa shape index (κ3) is 8.61. The molecule has 1 aliphatic rings. The lowest BCUT2D eigenvalue weighted by atomic mass is 10.1. The summed E-state index contributed by atoms with van der Waals surface area (Å²) in [5.41, 5.74) is 1.83. The van der Waals surface area contributed by atoms with Gasteiger partial charge in [0.1, 0.15) is 18.0 Å². The highest BCUT2D eigenvalue weighted by atomic mass is 16.6. The average molecular weight is 442 g/mol. The summed E-state index contributed by atoms with van der Waals surface area (Å²) in [6.07, 6.45) is 0.383. The molecule has 2 aromatic carbocycles. The first kappa shape index (κ1) is 24.2. The minimum atomic E-state index is -0.442. The first-order valence-electron chi connectivity index (χ1n) is 11.3. The van der Waals surface area contributed by atoms with Crippen molar-refractivity contribution in [3.05, 3.63) is 65.7 Å². The highest BCUT2D eigenvalue weighted by molar-refractivity contribution is 5.70. The highest BCUT2D eigenvalue weighted by Gasteiger charge is 2.23. The van der Waals surface area contributed by atoms with Crippen LogP contribution in [0.2, 0.25) is 0 Å². The Labute approximate surface area is 191 Å². The Bertz CT molecular complexity index is 816. The summed E-state index contributed by atoms with van der Waals surface area (Å²) < 4.78 is 22.8. The van der Waals surface area contributed by atoms with Crippen LogP contribution in [0.25, 0.3) is 0 Å². The van der Waals surface area contributed by atoms with Gasteiger partial charge in [0.05, 0.1) is 32.3 Å². The maximum absolute atomic E-state index is 12.0. The second kappa shape index (κ2) is 12.0. The van der Waals surface area contributed by atoms with Crippen LogP contribution in [-0.2, 0) is 25.6 Å². The van der Waals surface area contributed by atoms with Crippen molar-refractivity contribution in [3.8, 4) is 5.75 Å². The molecule has 0 radical (unpaired) electrons. The fourth-order valence-corrected chi connectivity index (χ4v) is 3.51. The van der Waals surface area contributed by atoms with Crippen molar-refractivity contribution in [2.75, 3.05) is 39.5 Å². The molecule has 1 unspecified atom stereocenters. The first-order chi connectivity index (χ1) is 15.4. The summed E-state index contributed by atoms with van der Waals surface area (Å²) in [6, 6.07) is 18.1. The molecule has 0 bridgehead atoms. The van der Waals surface area contributed by atoms with Crippen molar-refractivity contribution in [1.82, 2.24) is 4.90 Å². The van der Waals surface area contributed by atoms with Crippen LogP contribution in [0, 0.1) is 0 Å². The SMILES string of the molecule is CC(C)(C)OC(=O)CCN1CCOC(c2ccc(OCCOCc3ccccc3)cc2)C1. The van der Waals surface area contributed by atoms with E-state index in [1.165, 1.54) is 0 Å². The Morgan fingerprint density at radius 1 is 1.06 bits per heavy atom. The van der Waals surface area contributed by atoms with E-state index in [0.29, 0.717) is 39.4 Å². The fraction of sp³-hybridized carbons (Fsp3) is 0.500. The van der Waals surface area contributed by atoms with Gasteiger partial charge in [-0.3, -0.25) is 9.69 Å². The summed E-state index contributed by atoms with van der Waals surface area (Å²) in [4.78, 5) is 14.2. The molecule has 0 saturated carbocycles. The summed E-state index contributed by atoms with van der Waals surface area (Å²) in [5, 5.41) is 0. The zero-order valence-corrected chi connectivity index (χ0v) is 19.4. The van der Waals surface area contributed by atoms with Crippen molar-refractivity contribution in [2.45, 2.75) is 45.5 Å². The minimum absolute atomic E-state index is 0.00866. The fourth-order valence-electron chi connectivity index (χ4n) is 3.51. The van der Waals surface area contributed by atoms with Gasteiger partial charge in [-0.25, -0.2) is 0 Å². The Hall–Kier alpha value is -2.41. The molecular weight excluding hydrogens is 406 g/mol. The van der Waals surface area contributed by atoms with Crippen LogP contribution in [0.4, 0.5) is 0 Å². The van der Waals surface area contributed by atoms with E-state index in [2.05, 4.69) is 4.90 Å². The molecule has 0 N–H and O–H groups in total. The Kier molecular flexibility index (Phi) is 9.09. The molecule has 0 aliphatic carbocycles. The number of hydrogen-bond donors (Lipinski definition) is 0. The molecule has 1 fully saturated rings. The zero-order chi connectivity index (χ0) is 22.8. The van der Waals surface area contributed by atoms with E-state index in [1.807, 2.05) is 75.4 Å². The van der Waals surface area contributed by atoms with Crippen molar-refractivity contribution in [1.29, 1.82) is 0 Å². The second-order valence-electron chi connectivity index (χ2n) is 8.95. The Morgan fingerprint density at radius 2 is 1.81 bits per heavy atom. The van der Waals surface area contributed by atoms with Gasteiger partial charge in [-0.1, -0.05) is 42.5 Å². The third-order valence-electron chi connectivity index (χ3n) is 5.06. The van der Waals surface area contributed by atoms with Crippen molar-refractivity contribution >= 4 is 5.97 Å². The molecule has 0 amide bonds. The molecule has 6 nitrogen and oxygen atoms in total. The monoisotopic (exact) mass is 441 g/mol. The summed E-state index contributed by atoms with van der Waals surface area (Å²) in [5.74, 6) is 0.657. The van der Waals surface area contributed by atoms with Crippen LogP contribution < -0.4 is 4.74 Å². The zero-order valence-electron chi connectivity index (χ0n) is 19.4. The number of esters is 1. The van der Waals surface area contributed by atoms with Gasteiger partial charge in [0.15, 0.2) is 0 Å². The molecule has 1 aliphatic heterocycles. The lowest BCUT2D eigenvalue weighted by molar-refractivity contribution is -0.155. The van der Waals surface area contributed by atoms with Crippen molar-refractivity contribution in [2.24, 2.45) is 0 Å². The molecule has 3 rings (SSSR count). The molecule has 2 aromatic rings. The van der Waals surface area contributed by atoms with E-state index in [4.69, 9.17) is 18.9 Å². The lowest BCUT2D eigenvalue weighted by Crippen LogP contribution is -2.39. The number of carbonyl (C=O) groups excluding carboxylic acids is 1. The van der Waals surface area contributed by atoms with Gasteiger partial charge < -0.3 is 18.9 Å². The van der Waals surface area contributed by atoms with E-state index >= 15 is 0 Å². The number of nitrogens with zero attached hydrogens (tertiary/aromatic N) is 1. The molecule has 0 spiro atoms. The van der Waals surface area contributed by atoms with E-state index in [0.717, 1.165) is 30.0 Å². The van der Waals surface area contributed by atoms with Gasteiger partial charge in [-0.15, -0.1) is 0 Å². The summed E-state index contributed by atoms with van der Waals surface area (Å²) in [6.45, 7) is 10.2. The van der Waals surface area contributed by atoms with Crippen LogP contribution in [0.3, 0.4) is 0 Å². The summed E-state index contributed by atoms with van der Waals surface area (Å²) >= 11 is 0. The predicted octanol–water partition coefficient (Wildman–Crippen LogP) is 4.39. The van der Waals surface area contributed by atoms with Gasteiger partial charge in [0, 0.05) is 19.6 Å². The first-order valence-corrected chi connectivity index (χ1v) is 11.3. The molecule has 32 heavy (non-hydrogen) atoms. The maximum atomic E-state index is 12.0. The third-order valence-corrected chi connectivity index (χ3v) is 5.06. The van der Waals surface area contributed by atoms with Gasteiger partial charge >= 0.3 is 5.97 Å². The normalized spacial score (nSPS) is 17.2. The smallest absolute Gasteiger partial charge is 0.307 e. The number of rotatable bonds is 10. The number of carbonyl (C=O) groups is 1. The van der Waals surface area contributed by atoms with Gasteiger partial charge in [-0.05, 0) is 44.0 Å². The maximum Gasteiger partial charge on any atom is 0.307 e. The van der Waals surface area contributed by atoms with Crippen LogP contribution in [0.15, 0.2) is 54.6 Å². The van der Waals surface area contributed by atoms with Gasteiger partial charge in [0.2, 0.25) is 0 Å². The average Bonchev–Trinajstić information content (AvgIpc) is 2.78. The van der Waals surface area contributed by atoms with Crippen LogP contribution >= 0.6 is 0 Å². The van der Waals surface area contributed by atoms with E-state index < -0.39 is 5.60 Å². The van der Waals surface area contributed by atoms with Gasteiger partial charge in [0.25, 0.3) is 0 Å². The van der Waals surface area contributed by atoms with Crippen LogP contribution in [0.5, 0.6) is 5.75 Å². The molecule has 1 heterocycles. The Balaban J connectivity index is 1.37. The standard InChI is InChI=1S/C26H35NO5/c1-26(2,3)32-25(28)13-14-27-15-16-31-24(19-27)22-9-11-23(12-10-22)30-18-17-29-20-21-7-5-4-6-8-21/h4-12,24H,13-20H2,1-3H3. The van der Waals surface area contributed by atoms with Crippen molar-refractivity contribution < 1.29 is 23.7 Å². The quantitative estimate of drug-likeness (QED) is 0.403. The molecular formula is C26H35NO5. The Morgan fingerprint density at radius 3 is 2.53 bits per heavy atom. The van der Waals surface area contributed by atoms with Crippen LogP contribution in [0.1, 0.15) is 44.4 Å². The van der Waals surface area contributed by atoms with Gasteiger partial charge in [-0.2, -0.15) is 0 Å². The van der Waals surface area contributed by atoms with E-state index in [1.54, 1.807) is 0 Å². The lowest BCUT2D eigenvalue weighted by Gasteiger charge is -2.33. The molecule has 0 aromatic heterocycles. The van der Waals surface area contributed by atoms with E-state index in [9.17, 15) is 4.79 Å². The van der Waals surface area contributed by atoms with E-state index in [-0.39, 0.29) is 12.1 Å². The summed E-state index contributed by atoms with van der Waals surface area (Å²) in [7, 11) is 0. The molecule has 6 heteroatoms. The second-order valence-corrected chi connectivity index (χ2v) is 8.95. The highest BCUT2D eigenvalue weighted by Crippen LogP contribution is 2.24. The predicted molar refractivity (Wildman–Crippen MR) is 124 cm³/mol. The molecule has 1 atom stereocenters. The number of morpholine rings is 1. The molecule has 1 saturated heterocycles. The number of hydrogen-bond acceptors (Lipinski definition) is 6. The largest absolute Gasteiger partial charge is 0.491 e. The van der Waals surface area contributed by atoms with Crippen LogP contribution in [-0.4, -0.2) is 55.9 Å². The number of benzene rings is 2. The minimum Gasteiger partial charge on any atom is -0.491 e.